The van der Waals surface area contributed by atoms with E-state index in [1.165, 1.54) is 28.3 Å². The molecule has 8 heteroatoms. The summed E-state index contributed by atoms with van der Waals surface area (Å²) in [5.41, 5.74) is 0. The number of hydrogen-bond acceptors (Lipinski definition) is 4. The maximum Gasteiger partial charge on any atom is 0.515 e. The Bertz CT molecular complexity index is 191. The van der Waals surface area contributed by atoms with Gasteiger partial charge in [-0.1, -0.05) is 0 Å². The number of rotatable bonds is 5. The summed E-state index contributed by atoms with van der Waals surface area (Å²) < 4.78 is 25.7. The van der Waals surface area contributed by atoms with Crippen molar-refractivity contribution < 1.29 is 27.6 Å². The van der Waals surface area contributed by atoms with E-state index in [0.717, 1.165) is 0 Å². The molecule has 0 fully saturated rings. The van der Waals surface area contributed by atoms with Crippen LogP contribution in [0.25, 0.3) is 0 Å². The highest BCUT2D eigenvalue weighted by Crippen LogP contribution is 2.45. The van der Waals surface area contributed by atoms with Gasteiger partial charge in [0, 0.05) is 21.3 Å². The molecule has 2 N–H and O–H groups in total. The maximum atomic E-state index is 10.9. The molecule has 0 aromatic rings. The molecule has 13 heavy (non-hydrogen) atoms. The van der Waals surface area contributed by atoms with Gasteiger partial charge < -0.3 is 23.1 Å². The van der Waals surface area contributed by atoms with Crippen LogP contribution in [-0.2, 0) is 17.8 Å². The van der Waals surface area contributed by atoms with Crippen LogP contribution in [0.2, 0.25) is 0 Å². The van der Waals surface area contributed by atoms with Crippen molar-refractivity contribution in [2.24, 2.45) is 0 Å². The van der Waals surface area contributed by atoms with Crippen LogP contribution in [0.3, 0.4) is 0 Å². The average molecular weight is 230 g/mol. The second-order valence-electron chi connectivity index (χ2n) is 2.48. The molecular formula is C5H15O6PSi. The molecule has 0 aromatic carbocycles. The highest BCUT2D eigenvalue weighted by atomic mass is 31.2. The summed E-state index contributed by atoms with van der Waals surface area (Å²) in [5, 5.41) is -1.06. The Kier molecular flexibility index (Phi) is 4.74. The largest absolute Gasteiger partial charge is 0.515 e. The van der Waals surface area contributed by atoms with Crippen LogP contribution < -0.4 is 0 Å². The van der Waals surface area contributed by atoms with Crippen molar-refractivity contribution in [1.29, 1.82) is 0 Å². The van der Waals surface area contributed by atoms with Crippen LogP contribution >= 0.6 is 7.60 Å². The minimum Gasteiger partial charge on any atom is -0.376 e. The van der Waals surface area contributed by atoms with Crippen LogP contribution in [-0.4, -0.2) is 45.2 Å². The van der Waals surface area contributed by atoms with Gasteiger partial charge in [-0.05, 0) is 6.92 Å². The van der Waals surface area contributed by atoms with E-state index in [1.54, 1.807) is 0 Å². The Morgan fingerprint density at radius 1 is 1.15 bits per heavy atom. The van der Waals surface area contributed by atoms with Crippen molar-refractivity contribution >= 4 is 16.4 Å². The fourth-order valence-corrected chi connectivity index (χ4v) is 5.09. The molecule has 0 radical (unpaired) electrons. The molecule has 0 aliphatic rings. The van der Waals surface area contributed by atoms with Crippen molar-refractivity contribution in [3.63, 3.8) is 0 Å². The Morgan fingerprint density at radius 2 is 1.46 bits per heavy atom. The predicted molar refractivity (Wildman–Crippen MR) is 48.3 cm³/mol. The van der Waals surface area contributed by atoms with E-state index in [4.69, 9.17) is 23.1 Å². The van der Waals surface area contributed by atoms with E-state index in [2.05, 4.69) is 0 Å². The lowest BCUT2D eigenvalue weighted by atomic mass is 11.0. The van der Waals surface area contributed by atoms with Gasteiger partial charge >= 0.3 is 16.4 Å². The third kappa shape index (κ3) is 2.85. The predicted octanol–water partition coefficient (Wildman–Crippen LogP) is -0.0301. The molecule has 80 valence electrons. The second-order valence-corrected chi connectivity index (χ2v) is 8.22. The molecule has 0 saturated heterocycles. The van der Waals surface area contributed by atoms with E-state index < -0.39 is 21.7 Å². The van der Waals surface area contributed by atoms with E-state index in [1.807, 2.05) is 0 Å². The third-order valence-corrected chi connectivity index (χ3v) is 7.57. The molecule has 0 bridgehead atoms. The van der Waals surface area contributed by atoms with E-state index in [0.29, 0.717) is 0 Å². The lowest BCUT2D eigenvalue weighted by Crippen LogP contribution is -2.52. The summed E-state index contributed by atoms with van der Waals surface area (Å²) in [6, 6.07) is 0. The van der Waals surface area contributed by atoms with Gasteiger partial charge in [-0.25, -0.2) is 0 Å². The van der Waals surface area contributed by atoms with Crippen LogP contribution in [0.1, 0.15) is 6.92 Å². The van der Waals surface area contributed by atoms with Crippen LogP contribution in [0.5, 0.6) is 0 Å². The molecule has 0 rings (SSSR count). The minimum absolute atomic E-state index is 1.06. The first-order chi connectivity index (χ1) is 5.84. The van der Waals surface area contributed by atoms with Crippen molar-refractivity contribution in [1.82, 2.24) is 0 Å². The molecular weight excluding hydrogens is 215 g/mol. The van der Waals surface area contributed by atoms with Gasteiger partial charge in [0.05, 0.1) is 0 Å². The molecule has 1 unspecified atom stereocenters. The van der Waals surface area contributed by atoms with Gasteiger partial charge in [0.25, 0.3) is 0 Å². The number of hydrogen-bond donors (Lipinski definition) is 2. The third-order valence-electron chi connectivity index (χ3n) is 1.87. The van der Waals surface area contributed by atoms with Gasteiger partial charge in [0.2, 0.25) is 0 Å². The summed E-state index contributed by atoms with van der Waals surface area (Å²) in [7, 11) is -3.53. The van der Waals surface area contributed by atoms with E-state index >= 15 is 0 Å². The first-order valence-electron chi connectivity index (χ1n) is 3.54. The van der Waals surface area contributed by atoms with Crippen LogP contribution in [0.4, 0.5) is 0 Å². The topological polar surface area (TPSA) is 85.2 Å². The Balaban J connectivity index is 4.84. The molecule has 0 amide bonds. The van der Waals surface area contributed by atoms with Gasteiger partial charge in [0.15, 0.2) is 0 Å². The Hall–Kier alpha value is 0.247. The lowest BCUT2D eigenvalue weighted by molar-refractivity contribution is 0.119. The monoisotopic (exact) mass is 230 g/mol. The lowest BCUT2D eigenvalue weighted by Gasteiger charge is -2.30. The maximum absolute atomic E-state index is 10.9. The standard InChI is InChI=1S/C5H15O6PSi/c1-5(12(6,7)8)13(9-2,10-3)11-4/h5H,1-4H3,(H2,6,7,8). The summed E-state index contributed by atoms with van der Waals surface area (Å²) in [4.78, 5) is 17.8. The average Bonchev–Trinajstić information content (AvgIpc) is 2.07. The van der Waals surface area contributed by atoms with Gasteiger partial charge in [-0.2, -0.15) is 0 Å². The fourth-order valence-electron chi connectivity index (χ4n) is 0.968. The molecule has 0 aromatic heterocycles. The first kappa shape index (κ1) is 13.2. The SMILES string of the molecule is CO[Si](OC)(OC)C(C)P(=O)(O)O. The molecule has 0 aliphatic carbocycles. The smallest absolute Gasteiger partial charge is 0.376 e. The Morgan fingerprint density at radius 3 is 1.54 bits per heavy atom. The van der Waals surface area contributed by atoms with Crippen LogP contribution in [0.15, 0.2) is 0 Å². The molecule has 0 saturated carbocycles. The van der Waals surface area contributed by atoms with Crippen LogP contribution in [0, 0.1) is 0 Å². The highest BCUT2D eigenvalue weighted by Gasteiger charge is 2.53. The van der Waals surface area contributed by atoms with Crippen molar-refractivity contribution in [2.75, 3.05) is 21.3 Å². The molecule has 0 spiro atoms. The molecule has 0 heterocycles. The van der Waals surface area contributed by atoms with Crippen molar-refractivity contribution in [3.8, 4) is 0 Å². The zero-order valence-electron chi connectivity index (χ0n) is 8.05. The normalized spacial score (nSPS) is 15.8. The second kappa shape index (κ2) is 4.65. The Labute approximate surface area is 78.3 Å². The van der Waals surface area contributed by atoms with E-state index in [-0.39, 0.29) is 0 Å². The summed E-state index contributed by atoms with van der Waals surface area (Å²) in [5.74, 6) is 0. The van der Waals surface area contributed by atoms with Gasteiger partial charge in [-0.15, -0.1) is 0 Å². The summed E-state index contributed by atoms with van der Waals surface area (Å²) >= 11 is 0. The van der Waals surface area contributed by atoms with E-state index in [9.17, 15) is 4.57 Å². The fraction of sp³-hybridized carbons (Fsp3) is 1.00. The molecule has 6 nitrogen and oxygen atoms in total. The highest BCUT2D eigenvalue weighted by molar-refractivity contribution is 7.55. The van der Waals surface area contributed by atoms with Crippen molar-refractivity contribution in [2.45, 2.75) is 12.2 Å². The molecule has 0 aliphatic heterocycles. The quantitative estimate of drug-likeness (QED) is 0.509. The summed E-state index contributed by atoms with van der Waals surface area (Å²) in [6.07, 6.45) is 0. The first-order valence-corrected chi connectivity index (χ1v) is 7.03. The minimum atomic E-state index is -4.24. The van der Waals surface area contributed by atoms with Gasteiger partial charge in [0.1, 0.15) is 5.28 Å². The zero-order chi connectivity index (χ0) is 10.7. The molecule has 1 atom stereocenters. The zero-order valence-corrected chi connectivity index (χ0v) is 9.95. The van der Waals surface area contributed by atoms with Gasteiger partial charge in [-0.3, -0.25) is 4.57 Å². The summed E-state index contributed by atoms with van der Waals surface area (Å²) in [6.45, 7) is 1.35. The van der Waals surface area contributed by atoms with Crippen molar-refractivity contribution in [3.05, 3.63) is 0 Å².